The molecule has 4 aromatic rings. The van der Waals surface area contributed by atoms with Crippen molar-refractivity contribution < 1.29 is 24.2 Å². The molecule has 0 unspecified atom stereocenters. The van der Waals surface area contributed by atoms with Gasteiger partial charge in [0.1, 0.15) is 19.4 Å². The van der Waals surface area contributed by atoms with E-state index in [1.807, 2.05) is 66.7 Å². The second kappa shape index (κ2) is 11.1. The quantitative estimate of drug-likeness (QED) is 0.304. The molecule has 0 saturated carbocycles. The smallest absolute Gasteiger partial charge is 0.412 e. The van der Waals surface area contributed by atoms with Crippen LogP contribution < -0.4 is 0 Å². The highest BCUT2D eigenvalue weighted by molar-refractivity contribution is 5.81. The van der Waals surface area contributed by atoms with Crippen molar-refractivity contribution in [2.75, 3.05) is 13.3 Å². The number of nitrogens with zero attached hydrogens (tertiary/aromatic N) is 2. The molecule has 1 atom stereocenters. The zero-order valence-electron chi connectivity index (χ0n) is 20.1. The van der Waals surface area contributed by atoms with Crippen LogP contribution in [0.15, 0.2) is 91.4 Å². The molecule has 1 amide bonds. The Bertz CT molecular complexity index is 1310. The van der Waals surface area contributed by atoms with Gasteiger partial charge in [-0.1, -0.05) is 78.9 Å². The van der Waals surface area contributed by atoms with Gasteiger partial charge in [-0.2, -0.15) is 0 Å². The molecule has 0 spiro atoms. The summed E-state index contributed by atoms with van der Waals surface area (Å²) in [6.45, 7) is 0.0690. The number of aliphatic carboxylic acids is 1. The minimum absolute atomic E-state index is 0.0359. The molecule has 3 aromatic carbocycles. The highest BCUT2D eigenvalue weighted by Crippen LogP contribution is 2.44. The summed E-state index contributed by atoms with van der Waals surface area (Å²) in [4.78, 5) is 33.6. The SMILES string of the molecule is O=C(O)[C@H](Cc1cnc[nH]1)N(COCc1ccccc1)C(=O)OCC1c2ccccc2-c2ccccc21. The van der Waals surface area contributed by atoms with Gasteiger partial charge in [0, 0.05) is 24.2 Å². The normalized spacial score (nSPS) is 13.0. The summed E-state index contributed by atoms with van der Waals surface area (Å²) in [6.07, 6.45) is 2.30. The molecule has 188 valence electrons. The van der Waals surface area contributed by atoms with Crippen LogP contribution in [0.5, 0.6) is 0 Å². The molecule has 5 rings (SSSR count). The lowest BCUT2D eigenvalue weighted by Crippen LogP contribution is -2.48. The van der Waals surface area contributed by atoms with E-state index in [1.54, 1.807) is 0 Å². The van der Waals surface area contributed by atoms with Crippen molar-refractivity contribution in [1.29, 1.82) is 0 Å². The van der Waals surface area contributed by atoms with Crippen LogP contribution in [-0.4, -0.2) is 51.4 Å². The Hall–Kier alpha value is -4.43. The molecule has 0 radical (unpaired) electrons. The molecule has 1 heterocycles. The first kappa shape index (κ1) is 24.3. The summed E-state index contributed by atoms with van der Waals surface area (Å²) in [7, 11) is 0. The molecule has 2 N–H and O–H groups in total. The van der Waals surface area contributed by atoms with Crippen LogP contribution in [0.4, 0.5) is 4.79 Å². The molecule has 0 bridgehead atoms. The van der Waals surface area contributed by atoms with Crippen LogP contribution in [-0.2, 0) is 27.3 Å². The molecule has 37 heavy (non-hydrogen) atoms. The van der Waals surface area contributed by atoms with Crippen molar-refractivity contribution in [3.8, 4) is 11.1 Å². The number of ether oxygens (including phenoxy) is 2. The number of hydrogen-bond acceptors (Lipinski definition) is 5. The highest BCUT2D eigenvalue weighted by Gasteiger charge is 2.34. The summed E-state index contributed by atoms with van der Waals surface area (Å²) in [5.74, 6) is -1.30. The number of fused-ring (bicyclic) bond motifs is 3. The Morgan fingerprint density at radius 1 is 0.946 bits per heavy atom. The number of nitrogens with one attached hydrogen (secondary N) is 1. The Kier molecular flexibility index (Phi) is 7.28. The van der Waals surface area contributed by atoms with Crippen molar-refractivity contribution in [3.63, 3.8) is 0 Å². The molecule has 1 aliphatic carbocycles. The number of hydrogen-bond donors (Lipinski definition) is 2. The summed E-state index contributed by atoms with van der Waals surface area (Å²) < 4.78 is 11.5. The third-order valence-corrected chi connectivity index (χ3v) is 6.54. The van der Waals surface area contributed by atoms with Gasteiger partial charge in [0.25, 0.3) is 0 Å². The molecule has 8 heteroatoms. The average molecular weight is 498 g/mol. The van der Waals surface area contributed by atoms with Gasteiger partial charge in [-0.25, -0.2) is 14.6 Å². The number of imidazole rings is 1. The zero-order valence-corrected chi connectivity index (χ0v) is 20.1. The Morgan fingerprint density at radius 2 is 1.59 bits per heavy atom. The topological polar surface area (TPSA) is 105 Å². The standard InChI is InChI=1S/C29H27N3O5/c33-28(34)27(14-21-15-30-18-31-21)32(19-36-16-20-8-2-1-3-9-20)29(35)37-17-26-24-12-6-4-10-22(24)23-11-5-7-13-25(23)26/h1-13,15,18,26-27H,14,16-17,19H2,(H,30,31)(H,33,34)/t27-/m0/s1. The van der Waals surface area contributed by atoms with E-state index in [-0.39, 0.29) is 32.3 Å². The maximum Gasteiger partial charge on any atom is 0.412 e. The van der Waals surface area contributed by atoms with Crippen molar-refractivity contribution >= 4 is 12.1 Å². The lowest BCUT2D eigenvalue weighted by Gasteiger charge is -2.28. The van der Waals surface area contributed by atoms with E-state index in [0.717, 1.165) is 32.7 Å². The summed E-state index contributed by atoms with van der Waals surface area (Å²) >= 11 is 0. The first-order valence-corrected chi connectivity index (χ1v) is 12.0. The Morgan fingerprint density at radius 3 is 2.22 bits per heavy atom. The first-order valence-electron chi connectivity index (χ1n) is 12.0. The van der Waals surface area contributed by atoms with Crippen LogP contribution in [0.25, 0.3) is 11.1 Å². The van der Waals surface area contributed by atoms with Gasteiger partial charge in [0.05, 0.1) is 12.9 Å². The summed E-state index contributed by atoms with van der Waals surface area (Å²) in [5, 5.41) is 10.0. The fraction of sp³-hybridized carbons (Fsp3) is 0.207. The lowest BCUT2D eigenvalue weighted by molar-refractivity contribution is -0.145. The minimum atomic E-state index is -1.20. The van der Waals surface area contributed by atoms with Crippen LogP contribution in [0, 0.1) is 0 Å². The van der Waals surface area contributed by atoms with Gasteiger partial charge in [-0.15, -0.1) is 0 Å². The Labute approximate surface area is 214 Å². The number of rotatable bonds is 10. The molecule has 0 aliphatic heterocycles. The summed E-state index contributed by atoms with van der Waals surface area (Å²) in [5.41, 5.74) is 5.89. The van der Waals surface area contributed by atoms with Crippen molar-refractivity contribution in [3.05, 3.63) is 114 Å². The van der Waals surface area contributed by atoms with E-state index in [1.165, 1.54) is 12.5 Å². The number of H-pyrrole nitrogens is 1. The number of carbonyl (C=O) groups is 2. The predicted octanol–water partition coefficient (Wildman–Crippen LogP) is 4.83. The average Bonchev–Trinajstić information content (AvgIpc) is 3.55. The van der Waals surface area contributed by atoms with Crippen LogP contribution in [0.3, 0.4) is 0 Å². The number of benzene rings is 3. The zero-order chi connectivity index (χ0) is 25.6. The fourth-order valence-corrected chi connectivity index (χ4v) is 4.72. The van der Waals surface area contributed by atoms with Gasteiger partial charge >= 0.3 is 12.1 Å². The number of carbonyl (C=O) groups excluding carboxylic acids is 1. The van der Waals surface area contributed by atoms with E-state index in [2.05, 4.69) is 22.1 Å². The van der Waals surface area contributed by atoms with Crippen molar-refractivity contribution in [2.45, 2.75) is 25.0 Å². The van der Waals surface area contributed by atoms with Gasteiger partial charge in [0.2, 0.25) is 0 Å². The maximum absolute atomic E-state index is 13.4. The lowest BCUT2D eigenvalue weighted by atomic mass is 9.98. The third-order valence-electron chi connectivity index (χ3n) is 6.54. The molecule has 0 saturated heterocycles. The maximum atomic E-state index is 13.4. The van der Waals surface area contributed by atoms with Crippen molar-refractivity contribution in [1.82, 2.24) is 14.9 Å². The third kappa shape index (κ3) is 5.39. The van der Waals surface area contributed by atoms with Crippen molar-refractivity contribution in [2.24, 2.45) is 0 Å². The van der Waals surface area contributed by atoms with E-state index < -0.39 is 18.1 Å². The van der Waals surface area contributed by atoms with Gasteiger partial charge < -0.3 is 19.6 Å². The summed E-state index contributed by atoms with van der Waals surface area (Å²) in [6, 6.07) is 24.4. The highest BCUT2D eigenvalue weighted by atomic mass is 16.6. The predicted molar refractivity (Wildman–Crippen MR) is 137 cm³/mol. The monoisotopic (exact) mass is 497 g/mol. The van der Waals surface area contributed by atoms with E-state index in [0.29, 0.717) is 5.69 Å². The molecular formula is C29H27N3O5. The largest absolute Gasteiger partial charge is 0.480 e. The minimum Gasteiger partial charge on any atom is -0.480 e. The molecule has 0 fully saturated rings. The van der Waals surface area contributed by atoms with Gasteiger partial charge in [0.15, 0.2) is 0 Å². The van der Waals surface area contributed by atoms with E-state index in [9.17, 15) is 14.7 Å². The molecular weight excluding hydrogens is 470 g/mol. The molecule has 8 nitrogen and oxygen atoms in total. The second-order valence-electron chi connectivity index (χ2n) is 8.87. The van der Waals surface area contributed by atoms with Crippen LogP contribution in [0.2, 0.25) is 0 Å². The van der Waals surface area contributed by atoms with Gasteiger partial charge in [-0.3, -0.25) is 4.90 Å². The number of aromatic amines is 1. The molecule has 1 aliphatic rings. The Balaban J connectivity index is 1.34. The number of amides is 1. The number of aromatic nitrogens is 2. The number of carboxylic acid groups (broad SMARTS) is 1. The van der Waals surface area contributed by atoms with E-state index in [4.69, 9.17) is 9.47 Å². The fourth-order valence-electron chi connectivity index (χ4n) is 4.72. The van der Waals surface area contributed by atoms with Crippen LogP contribution in [0.1, 0.15) is 28.3 Å². The molecule has 1 aromatic heterocycles. The first-order chi connectivity index (χ1) is 18.1. The second-order valence-corrected chi connectivity index (χ2v) is 8.87. The van der Waals surface area contributed by atoms with Gasteiger partial charge in [-0.05, 0) is 27.8 Å². The number of carboxylic acids is 1. The van der Waals surface area contributed by atoms with Crippen LogP contribution >= 0.6 is 0 Å². The van der Waals surface area contributed by atoms with E-state index >= 15 is 0 Å².